The van der Waals surface area contributed by atoms with Crippen LogP contribution in [0.3, 0.4) is 0 Å². The van der Waals surface area contributed by atoms with E-state index in [1.54, 1.807) is 36.7 Å². The van der Waals surface area contributed by atoms with E-state index in [0.717, 1.165) is 20.8 Å². The number of nitrogens with zero attached hydrogens (tertiary/aromatic N) is 2. The summed E-state index contributed by atoms with van der Waals surface area (Å²) in [4.78, 5) is 34.3. The average Bonchev–Trinajstić information content (AvgIpc) is 2.62. The molecule has 0 aromatic carbocycles. The SMILES string of the molecule is CC(=O)[O-].CC(=O)[O-].CC(=O)[O-].OCc1ccccn1.[O-]Cc1ccccn1.[Zn+2].[Zn+2]. The van der Waals surface area contributed by atoms with Crippen LogP contribution in [0.4, 0.5) is 0 Å². The fourth-order valence-corrected chi connectivity index (χ4v) is 0.975. The van der Waals surface area contributed by atoms with Gasteiger partial charge in [-0.2, -0.15) is 0 Å². The van der Waals surface area contributed by atoms with Crippen LogP contribution in [0, 0.1) is 0 Å². The standard InChI is InChI=1S/C6H7NO.C6H6NO.3C2H4O2.2Zn/c2*8-5-6-3-1-2-4-7-6;3*1-2(3)4;;/h1-4,8H,5H2;1-4H,5H2;3*1H3,(H,3,4);;/q;-1;;;;2*+2/p-3. The quantitative estimate of drug-likeness (QED) is 0.391. The van der Waals surface area contributed by atoms with Crippen molar-refractivity contribution in [1.29, 1.82) is 0 Å². The number of hydrogen-bond acceptors (Lipinski definition) is 10. The van der Waals surface area contributed by atoms with Gasteiger partial charge in [-0.15, -0.1) is 0 Å². The largest absolute Gasteiger partial charge is 2.00 e. The Kier molecular flexibility index (Phi) is 37.3. The van der Waals surface area contributed by atoms with E-state index in [1.165, 1.54) is 0 Å². The first-order valence-electron chi connectivity index (χ1n) is 7.58. The van der Waals surface area contributed by atoms with E-state index in [2.05, 4.69) is 9.97 Å². The number of carbonyl (C=O) groups is 3. The second-order valence-electron chi connectivity index (χ2n) is 4.42. The molecular weight excluding hydrogens is 503 g/mol. The van der Waals surface area contributed by atoms with Crippen LogP contribution in [0.1, 0.15) is 32.2 Å². The summed E-state index contributed by atoms with van der Waals surface area (Å²) in [6.07, 6.45) is 3.28. The van der Waals surface area contributed by atoms with Gasteiger partial charge in [0.25, 0.3) is 0 Å². The van der Waals surface area contributed by atoms with Crippen LogP contribution in [0.15, 0.2) is 48.8 Å². The Labute approximate surface area is 200 Å². The van der Waals surface area contributed by atoms with Crippen molar-refractivity contribution in [2.24, 2.45) is 0 Å². The molecule has 0 spiro atoms. The molecule has 0 amide bonds. The molecule has 2 aromatic heterocycles. The summed E-state index contributed by atoms with van der Waals surface area (Å²) in [5.74, 6) is -3.25. The van der Waals surface area contributed by atoms with Crippen LogP contribution in [-0.2, 0) is 66.6 Å². The van der Waals surface area contributed by atoms with Gasteiger partial charge in [0.2, 0.25) is 0 Å². The van der Waals surface area contributed by atoms with Crippen molar-refractivity contribution in [2.75, 3.05) is 0 Å². The smallest absolute Gasteiger partial charge is 0.850 e. The van der Waals surface area contributed by atoms with E-state index in [9.17, 15) is 5.11 Å². The molecule has 0 fully saturated rings. The monoisotopic (exact) mass is 522 g/mol. The summed E-state index contributed by atoms with van der Waals surface area (Å²) in [5.41, 5.74) is 1.32. The average molecular weight is 525 g/mol. The number of aliphatic hydroxyl groups excluding tert-OH is 1. The molecule has 0 bridgehead atoms. The molecule has 156 valence electrons. The summed E-state index contributed by atoms with van der Waals surface area (Å²) in [6.45, 7) is 2.72. The molecule has 2 heterocycles. The number of carboxylic acid groups (broad SMARTS) is 3. The van der Waals surface area contributed by atoms with Crippen LogP contribution >= 0.6 is 0 Å². The first-order valence-corrected chi connectivity index (χ1v) is 7.58. The molecule has 2 rings (SSSR count). The van der Waals surface area contributed by atoms with Crippen LogP contribution in [0.5, 0.6) is 0 Å². The molecule has 0 unspecified atom stereocenters. The molecule has 0 atom stereocenters. The van der Waals surface area contributed by atoms with Crippen molar-refractivity contribution in [3.05, 3.63) is 60.2 Å². The minimum atomic E-state index is -1.08. The first-order chi connectivity index (χ1) is 13.1. The Hall–Kier alpha value is -2.12. The molecule has 0 saturated carbocycles. The number of rotatable bonds is 2. The van der Waals surface area contributed by atoms with Gasteiger partial charge in [0.05, 0.1) is 12.3 Å². The summed E-state index contributed by atoms with van der Waals surface area (Å²) < 4.78 is 0. The Balaban J connectivity index is -0.0000000895. The third-order valence-corrected chi connectivity index (χ3v) is 1.76. The minimum Gasteiger partial charge on any atom is -0.850 e. The number of pyridine rings is 2. The predicted molar refractivity (Wildman–Crippen MR) is 90.1 cm³/mol. The Morgan fingerprint density at radius 1 is 0.767 bits per heavy atom. The summed E-state index contributed by atoms with van der Waals surface area (Å²) in [5, 5.41) is 45.2. The predicted octanol–water partition coefficient (Wildman–Crippen LogP) is -3.22. The fourth-order valence-electron chi connectivity index (χ4n) is 0.975. The molecule has 0 radical (unpaired) electrons. The molecular formula is C18H22N2O8Zn2. The maximum atomic E-state index is 10.1. The van der Waals surface area contributed by atoms with Crippen LogP contribution in [0.25, 0.3) is 0 Å². The van der Waals surface area contributed by atoms with E-state index >= 15 is 0 Å². The third-order valence-electron chi connectivity index (χ3n) is 1.76. The van der Waals surface area contributed by atoms with Crippen molar-refractivity contribution in [3.8, 4) is 0 Å². The van der Waals surface area contributed by atoms with Gasteiger partial charge in [-0.05, 0) is 45.0 Å². The topological polar surface area (TPSA) is 189 Å². The Morgan fingerprint density at radius 2 is 1.07 bits per heavy atom. The molecule has 12 heteroatoms. The second-order valence-corrected chi connectivity index (χ2v) is 4.42. The van der Waals surface area contributed by atoms with Crippen molar-refractivity contribution in [2.45, 2.75) is 34.0 Å². The van der Waals surface area contributed by atoms with E-state index in [4.69, 9.17) is 34.8 Å². The van der Waals surface area contributed by atoms with E-state index in [1.807, 2.05) is 12.1 Å². The normalized spacial score (nSPS) is 7.37. The number of aliphatic carboxylic acids is 3. The van der Waals surface area contributed by atoms with Crippen molar-refractivity contribution < 1.29 is 78.9 Å². The van der Waals surface area contributed by atoms with Crippen molar-refractivity contribution >= 4 is 17.9 Å². The van der Waals surface area contributed by atoms with Crippen LogP contribution in [0.2, 0.25) is 0 Å². The zero-order valence-electron chi connectivity index (χ0n) is 17.1. The van der Waals surface area contributed by atoms with Gasteiger partial charge >= 0.3 is 39.0 Å². The minimum absolute atomic E-state index is 0. The number of carboxylic acids is 3. The number of aromatic nitrogens is 2. The Bertz CT molecular complexity index is 567. The van der Waals surface area contributed by atoms with Gasteiger partial charge in [0.1, 0.15) is 0 Å². The van der Waals surface area contributed by atoms with Gasteiger partial charge in [-0.25, -0.2) is 0 Å². The van der Waals surface area contributed by atoms with Crippen molar-refractivity contribution in [1.82, 2.24) is 9.97 Å². The summed E-state index contributed by atoms with van der Waals surface area (Å²) in [6, 6.07) is 10.8. The second kappa shape index (κ2) is 29.1. The molecule has 0 aliphatic rings. The molecule has 2 aromatic rings. The number of hydrogen-bond donors (Lipinski definition) is 1. The van der Waals surface area contributed by atoms with Gasteiger partial charge in [0.15, 0.2) is 0 Å². The molecule has 0 saturated heterocycles. The number of carbonyl (C=O) groups excluding carboxylic acids is 3. The number of aliphatic hydroxyl groups is 1. The molecule has 30 heavy (non-hydrogen) atoms. The molecule has 1 N–H and O–H groups in total. The van der Waals surface area contributed by atoms with Crippen LogP contribution < -0.4 is 20.4 Å². The van der Waals surface area contributed by atoms with Crippen LogP contribution in [-0.4, -0.2) is 33.0 Å². The van der Waals surface area contributed by atoms with E-state index < -0.39 is 17.9 Å². The maximum absolute atomic E-state index is 10.1. The first kappa shape index (κ1) is 38.5. The van der Waals surface area contributed by atoms with Gasteiger partial charge < -0.3 is 39.9 Å². The van der Waals surface area contributed by atoms with Gasteiger partial charge in [-0.3, -0.25) is 9.97 Å². The molecule has 0 aliphatic carbocycles. The third kappa shape index (κ3) is 50.1. The Morgan fingerprint density at radius 3 is 1.20 bits per heavy atom. The van der Waals surface area contributed by atoms with E-state index in [-0.39, 0.29) is 52.2 Å². The summed E-state index contributed by atoms with van der Waals surface area (Å²) in [7, 11) is 0. The molecule has 10 nitrogen and oxygen atoms in total. The zero-order valence-corrected chi connectivity index (χ0v) is 23.1. The maximum Gasteiger partial charge on any atom is 2.00 e. The molecule has 0 aliphatic heterocycles. The van der Waals surface area contributed by atoms with Gasteiger partial charge in [0, 0.05) is 36.0 Å². The summed E-state index contributed by atoms with van der Waals surface area (Å²) >= 11 is 0. The van der Waals surface area contributed by atoms with Gasteiger partial charge in [-0.1, -0.05) is 18.7 Å². The van der Waals surface area contributed by atoms with Crippen molar-refractivity contribution in [3.63, 3.8) is 0 Å². The fraction of sp³-hybridized carbons (Fsp3) is 0.278. The zero-order chi connectivity index (χ0) is 22.4. The van der Waals surface area contributed by atoms with E-state index in [0.29, 0.717) is 11.4 Å².